The van der Waals surface area contributed by atoms with E-state index in [1.54, 1.807) is 7.11 Å². The van der Waals surface area contributed by atoms with Gasteiger partial charge in [-0.3, -0.25) is 0 Å². The van der Waals surface area contributed by atoms with Gasteiger partial charge in [0.2, 0.25) is 0 Å². The third kappa shape index (κ3) is 5.12. The topological polar surface area (TPSA) is 21.3 Å². The molecule has 1 aliphatic rings. The highest BCUT2D eigenvalue weighted by molar-refractivity contribution is 5.25. The standard InChI is InChI=1S/C19H31NO/c1-20-19(17-8-6-4-3-5-7-9-17)18-12-10-16(11-13-18)14-15-21-2/h10-13,17,19-20H,3-9,14-15H2,1-2H3. The molecule has 1 fully saturated rings. The number of ether oxygens (including phenoxy) is 1. The van der Waals surface area contributed by atoms with Crippen molar-refractivity contribution in [2.45, 2.75) is 57.4 Å². The second-order valence-electron chi connectivity index (χ2n) is 6.36. The zero-order chi connectivity index (χ0) is 14.9. The summed E-state index contributed by atoms with van der Waals surface area (Å²) in [7, 11) is 3.88. The fourth-order valence-electron chi connectivity index (χ4n) is 3.61. The van der Waals surface area contributed by atoms with E-state index in [2.05, 4.69) is 36.6 Å². The molecule has 0 amide bonds. The third-order valence-corrected chi connectivity index (χ3v) is 4.87. The maximum atomic E-state index is 5.15. The molecule has 1 saturated carbocycles. The Morgan fingerprint density at radius 1 is 1.05 bits per heavy atom. The number of methoxy groups -OCH3 is 1. The molecule has 1 atom stereocenters. The van der Waals surface area contributed by atoms with Crippen LogP contribution in [0.1, 0.15) is 62.1 Å². The molecule has 0 aliphatic heterocycles. The molecule has 1 aliphatic carbocycles. The second-order valence-corrected chi connectivity index (χ2v) is 6.36. The lowest BCUT2D eigenvalue weighted by atomic mass is 9.83. The Morgan fingerprint density at radius 3 is 2.24 bits per heavy atom. The van der Waals surface area contributed by atoms with Crippen molar-refractivity contribution in [1.82, 2.24) is 5.32 Å². The van der Waals surface area contributed by atoms with Crippen LogP contribution in [0.5, 0.6) is 0 Å². The van der Waals surface area contributed by atoms with E-state index in [4.69, 9.17) is 4.74 Å². The zero-order valence-electron chi connectivity index (χ0n) is 13.7. The van der Waals surface area contributed by atoms with Gasteiger partial charge in [0.15, 0.2) is 0 Å². The van der Waals surface area contributed by atoms with Gasteiger partial charge in [0.05, 0.1) is 6.61 Å². The summed E-state index contributed by atoms with van der Waals surface area (Å²) < 4.78 is 5.15. The van der Waals surface area contributed by atoms with Crippen LogP contribution in [0.25, 0.3) is 0 Å². The fraction of sp³-hybridized carbons (Fsp3) is 0.684. The monoisotopic (exact) mass is 289 g/mol. The molecule has 2 nitrogen and oxygen atoms in total. The highest BCUT2D eigenvalue weighted by Crippen LogP contribution is 2.32. The molecule has 1 aromatic carbocycles. The Hall–Kier alpha value is -0.860. The first-order chi connectivity index (χ1) is 10.3. The molecule has 0 bridgehead atoms. The van der Waals surface area contributed by atoms with E-state index in [1.165, 1.54) is 56.1 Å². The molecule has 0 heterocycles. The van der Waals surface area contributed by atoms with Crippen LogP contribution in [0, 0.1) is 5.92 Å². The van der Waals surface area contributed by atoms with Gasteiger partial charge in [0.25, 0.3) is 0 Å². The average molecular weight is 289 g/mol. The van der Waals surface area contributed by atoms with Crippen molar-refractivity contribution < 1.29 is 4.74 Å². The molecule has 0 radical (unpaired) electrons. The lowest BCUT2D eigenvalue weighted by Crippen LogP contribution is -2.26. The number of hydrogen-bond acceptors (Lipinski definition) is 2. The van der Waals surface area contributed by atoms with Gasteiger partial charge in [-0.15, -0.1) is 0 Å². The molecule has 2 heteroatoms. The summed E-state index contributed by atoms with van der Waals surface area (Å²) in [6, 6.07) is 9.67. The Kier molecular flexibility index (Phi) is 7.25. The Balaban J connectivity index is 2.01. The van der Waals surface area contributed by atoms with Crippen LogP contribution < -0.4 is 5.32 Å². The maximum absolute atomic E-state index is 5.15. The van der Waals surface area contributed by atoms with Crippen LogP contribution in [0.2, 0.25) is 0 Å². The van der Waals surface area contributed by atoms with Crippen molar-refractivity contribution in [1.29, 1.82) is 0 Å². The van der Waals surface area contributed by atoms with Crippen molar-refractivity contribution in [3.63, 3.8) is 0 Å². The Bertz CT molecular complexity index is 379. The lowest BCUT2D eigenvalue weighted by molar-refractivity contribution is 0.202. The normalized spacial score (nSPS) is 19.0. The van der Waals surface area contributed by atoms with Gasteiger partial charge in [-0.1, -0.05) is 56.4 Å². The summed E-state index contributed by atoms with van der Waals surface area (Å²) in [6.07, 6.45) is 10.8. The molecule has 21 heavy (non-hydrogen) atoms. The SMILES string of the molecule is CNC(c1ccc(CCOC)cc1)C1CCCCCCC1. The van der Waals surface area contributed by atoms with E-state index in [0.29, 0.717) is 6.04 Å². The Morgan fingerprint density at radius 2 is 1.67 bits per heavy atom. The molecular weight excluding hydrogens is 258 g/mol. The van der Waals surface area contributed by atoms with Crippen molar-refractivity contribution in [3.05, 3.63) is 35.4 Å². The van der Waals surface area contributed by atoms with Crippen molar-refractivity contribution in [3.8, 4) is 0 Å². The van der Waals surface area contributed by atoms with Gasteiger partial charge in [-0.2, -0.15) is 0 Å². The van der Waals surface area contributed by atoms with E-state index in [9.17, 15) is 0 Å². The summed E-state index contributed by atoms with van der Waals surface area (Å²) in [5.41, 5.74) is 2.82. The molecule has 1 unspecified atom stereocenters. The van der Waals surface area contributed by atoms with Crippen LogP contribution in [-0.4, -0.2) is 20.8 Å². The summed E-state index contributed by atoms with van der Waals surface area (Å²) in [4.78, 5) is 0. The molecule has 0 aromatic heterocycles. The van der Waals surface area contributed by atoms with E-state index >= 15 is 0 Å². The van der Waals surface area contributed by atoms with Crippen LogP contribution in [0.3, 0.4) is 0 Å². The average Bonchev–Trinajstić information content (AvgIpc) is 2.49. The minimum Gasteiger partial charge on any atom is -0.384 e. The predicted octanol–water partition coefficient (Wildman–Crippen LogP) is 4.50. The van der Waals surface area contributed by atoms with E-state index in [1.807, 2.05) is 0 Å². The summed E-state index contributed by atoms with van der Waals surface area (Å²) in [6.45, 7) is 0.803. The number of nitrogens with one attached hydrogen (secondary N) is 1. The molecule has 2 rings (SSSR count). The van der Waals surface area contributed by atoms with Crippen LogP contribution >= 0.6 is 0 Å². The fourth-order valence-corrected chi connectivity index (χ4v) is 3.61. The molecule has 0 saturated heterocycles. The highest BCUT2D eigenvalue weighted by atomic mass is 16.5. The first-order valence-corrected chi connectivity index (χ1v) is 8.60. The van der Waals surface area contributed by atoms with Gasteiger partial charge >= 0.3 is 0 Å². The molecular formula is C19H31NO. The maximum Gasteiger partial charge on any atom is 0.0502 e. The number of benzene rings is 1. The predicted molar refractivity (Wildman–Crippen MR) is 89.6 cm³/mol. The smallest absolute Gasteiger partial charge is 0.0502 e. The van der Waals surface area contributed by atoms with Gasteiger partial charge < -0.3 is 10.1 Å². The largest absolute Gasteiger partial charge is 0.384 e. The van der Waals surface area contributed by atoms with Crippen LogP contribution in [0.15, 0.2) is 24.3 Å². The van der Waals surface area contributed by atoms with Crippen LogP contribution in [0.4, 0.5) is 0 Å². The van der Waals surface area contributed by atoms with Crippen molar-refractivity contribution >= 4 is 0 Å². The molecule has 0 spiro atoms. The van der Waals surface area contributed by atoms with Gasteiger partial charge in [-0.05, 0) is 43.4 Å². The van der Waals surface area contributed by atoms with Gasteiger partial charge in [-0.25, -0.2) is 0 Å². The molecule has 1 N–H and O–H groups in total. The first-order valence-electron chi connectivity index (χ1n) is 8.60. The van der Waals surface area contributed by atoms with Crippen molar-refractivity contribution in [2.75, 3.05) is 20.8 Å². The Labute approximate surface area is 130 Å². The van der Waals surface area contributed by atoms with Crippen molar-refractivity contribution in [2.24, 2.45) is 5.92 Å². The minimum absolute atomic E-state index is 0.513. The van der Waals surface area contributed by atoms with E-state index in [0.717, 1.165) is 18.9 Å². The zero-order valence-corrected chi connectivity index (χ0v) is 13.7. The number of rotatable bonds is 6. The molecule has 118 valence electrons. The first kappa shape index (κ1) is 16.5. The van der Waals surface area contributed by atoms with Crippen LogP contribution in [-0.2, 0) is 11.2 Å². The summed E-state index contributed by atoms with van der Waals surface area (Å²) in [5, 5.41) is 3.57. The van der Waals surface area contributed by atoms with E-state index < -0.39 is 0 Å². The summed E-state index contributed by atoms with van der Waals surface area (Å²) in [5.74, 6) is 0.792. The quantitative estimate of drug-likeness (QED) is 0.832. The number of hydrogen-bond donors (Lipinski definition) is 1. The minimum atomic E-state index is 0.513. The second kappa shape index (κ2) is 9.22. The summed E-state index contributed by atoms with van der Waals surface area (Å²) >= 11 is 0. The van der Waals surface area contributed by atoms with E-state index in [-0.39, 0.29) is 0 Å². The lowest BCUT2D eigenvalue weighted by Gasteiger charge is -2.29. The molecule has 1 aromatic rings. The van der Waals surface area contributed by atoms with Gasteiger partial charge in [0, 0.05) is 13.2 Å². The van der Waals surface area contributed by atoms with Gasteiger partial charge in [0.1, 0.15) is 0 Å². The highest BCUT2D eigenvalue weighted by Gasteiger charge is 2.22. The third-order valence-electron chi connectivity index (χ3n) is 4.87.